The number of hydrogen-bond acceptors (Lipinski definition) is 3. The van der Waals surface area contributed by atoms with Crippen LogP contribution in [0.2, 0.25) is 0 Å². The molecular weight excluding hydrogens is 262 g/mol. The first-order valence-electron chi connectivity index (χ1n) is 8.07. The molecule has 1 atom stereocenters. The third kappa shape index (κ3) is 4.53. The molecule has 1 aliphatic carbocycles. The zero-order valence-electron chi connectivity index (χ0n) is 13.6. The van der Waals surface area contributed by atoms with E-state index in [1.807, 2.05) is 12.1 Å². The van der Waals surface area contributed by atoms with Crippen LogP contribution < -0.4 is 5.32 Å². The summed E-state index contributed by atoms with van der Waals surface area (Å²) in [4.78, 5) is 0. The first kappa shape index (κ1) is 16.5. The van der Waals surface area contributed by atoms with Crippen molar-refractivity contribution in [2.75, 3.05) is 20.2 Å². The van der Waals surface area contributed by atoms with Crippen molar-refractivity contribution in [1.29, 1.82) is 0 Å². The summed E-state index contributed by atoms with van der Waals surface area (Å²) < 4.78 is 5.57. The smallest absolute Gasteiger partial charge is 0.0914 e. The molecule has 0 saturated heterocycles. The molecule has 1 fully saturated rings. The SMILES string of the molecule is COC1(CNCC(O)c2ccc(CC(C)C)cc2)CCC1. The van der Waals surface area contributed by atoms with Gasteiger partial charge in [-0.3, -0.25) is 0 Å². The quantitative estimate of drug-likeness (QED) is 0.773. The highest BCUT2D eigenvalue weighted by molar-refractivity contribution is 5.24. The molecule has 3 heteroatoms. The molecule has 118 valence electrons. The number of benzene rings is 1. The lowest BCUT2D eigenvalue weighted by Crippen LogP contribution is -2.48. The molecule has 3 nitrogen and oxygen atoms in total. The maximum Gasteiger partial charge on any atom is 0.0914 e. The summed E-state index contributed by atoms with van der Waals surface area (Å²) in [6.45, 7) is 5.85. The standard InChI is InChI=1S/C18H29NO2/c1-14(2)11-15-5-7-16(8-6-15)17(20)12-19-13-18(21-3)9-4-10-18/h5-8,14,17,19-20H,4,9-13H2,1-3H3. The summed E-state index contributed by atoms with van der Waals surface area (Å²) in [5.41, 5.74) is 2.33. The summed E-state index contributed by atoms with van der Waals surface area (Å²) >= 11 is 0. The van der Waals surface area contributed by atoms with Crippen LogP contribution in [0.15, 0.2) is 24.3 Å². The van der Waals surface area contributed by atoms with Gasteiger partial charge >= 0.3 is 0 Å². The van der Waals surface area contributed by atoms with Crippen LogP contribution in [0.1, 0.15) is 50.3 Å². The van der Waals surface area contributed by atoms with Crippen molar-refractivity contribution in [3.63, 3.8) is 0 Å². The van der Waals surface area contributed by atoms with E-state index in [9.17, 15) is 5.11 Å². The van der Waals surface area contributed by atoms with Crippen molar-refractivity contribution < 1.29 is 9.84 Å². The molecular formula is C18H29NO2. The lowest BCUT2D eigenvalue weighted by molar-refractivity contribution is -0.0703. The average Bonchev–Trinajstić information content (AvgIpc) is 2.42. The monoisotopic (exact) mass is 291 g/mol. The van der Waals surface area contributed by atoms with Crippen molar-refractivity contribution in [3.8, 4) is 0 Å². The predicted molar refractivity (Wildman–Crippen MR) is 86.4 cm³/mol. The first-order valence-corrected chi connectivity index (χ1v) is 8.07. The number of aliphatic hydroxyl groups is 1. The Labute approximate surface area is 128 Å². The van der Waals surface area contributed by atoms with Crippen LogP contribution in [-0.4, -0.2) is 30.9 Å². The molecule has 0 aliphatic heterocycles. The minimum absolute atomic E-state index is 0.0147. The third-order valence-corrected chi connectivity index (χ3v) is 4.49. The van der Waals surface area contributed by atoms with Gasteiger partial charge in [-0.15, -0.1) is 0 Å². The van der Waals surface area contributed by atoms with Gasteiger partial charge < -0.3 is 15.2 Å². The van der Waals surface area contributed by atoms with Gasteiger partial charge in [0.05, 0.1) is 11.7 Å². The third-order valence-electron chi connectivity index (χ3n) is 4.49. The van der Waals surface area contributed by atoms with Crippen molar-refractivity contribution in [2.24, 2.45) is 5.92 Å². The summed E-state index contributed by atoms with van der Waals surface area (Å²) in [5, 5.41) is 13.6. The minimum atomic E-state index is -0.452. The van der Waals surface area contributed by atoms with Gasteiger partial charge in [0.25, 0.3) is 0 Å². The Morgan fingerprint density at radius 3 is 2.38 bits per heavy atom. The Bertz CT molecular complexity index is 418. The van der Waals surface area contributed by atoms with Gasteiger partial charge in [0, 0.05) is 20.2 Å². The molecule has 1 saturated carbocycles. The van der Waals surface area contributed by atoms with Gasteiger partial charge in [-0.25, -0.2) is 0 Å². The van der Waals surface area contributed by atoms with Crippen LogP contribution >= 0.6 is 0 Å². The van der Waals surface area contributed by atoms with Crippen molar-refractivity contribution in [3.05, 3.63) is 35.4 Å². The molecule has 2 rings (SSSR count). The van der Waals surface area contributed by atoms with Crippen LogP contribution in [0.25, 0.3) is 0 Å². The van der Waals surface area contributed by atoms with E-state index in [2.05, 4.69) is 31.3 Å². The Hall–Kier alpha value is -0.900. The molecule has 2 N–H and O–H groups in total. The number of methoxy groups -OCH3 is 1. The van der Waals surface area contributed by atoms with Crippen LogP contribution in [0.4, 0.5) is 0 Å². The van der Waals surface area contributed by atoms with Crippen molar-refractivity contribution >= 4 is 0 Å². The zero-order chi connectivity index (χ0) is 15.3. The Morgan fingerprint density at radius 1 is 1.24 bits per heavy atom. The van der Waals surface area contributed by atoms with Gasteiger partial charge in [-0.05, 0) is 42.7 Å². The number of hydrogen-bond donors (Lipinski definition) is 2. The molecule has 1 unspecified atom stereocenters. The van der Waals surface area contributed by atoms with Gasteiger partial charge in [-0.1, -0.05) is 38.1 Å². The molecule has 0 bridgehead atoms. The van der Waals surface area contributed by atoms with E-state index in [0.29, 0.717) is 12.5 Å². The van der Waals surface area contributed by atoms with Crippen LogP contribution in [0.3, 0.4) is 0 Å². The van der Waals surface area contributed by atoms with Gasteiger partial charge in [0.15, 0.2) is 0 Å². The molecule has 1 aromatic rings. The first-order chi connectivity index (χ1) is 10.0. The number of ether oxygens (including phenoxy) is 1. The highest BCUT2D eigenvalue weighted by atomic mass is 16.5. The number of nitrogens with one attached hydrogen (secondary N) is 1. The van der Waals surface area contributed by atoms with Crippen LogP contribution in [0.5, 0.6) is 0 Å². The van der Waals surface area contributed by atoms with Crippen molar-refractivity contribution in [1.82, 2.24) is 5.32 Å². The minimum Gasteiger partial charge on any atom is -0.387 e. The lowest BCUT2D eigenvalue weighted by atomic mass is 9.80. The molecule has 0 aromatic heterocycles. The highest BCUT2D eigenvalue weighted by Gasteiger charge is 2.36. The highest BCUT2D eigenvalue weighted by Crippen LogP contribution is 2.34. The van der Waals surface area contributed by atoms with Gasteiger partial charge in [-0.2, -0.15) is 0 Å². The molecule has 0 amide bonds. The molecule has 21 heavy (non-hydrogen) atoms. The fraction of sp³-hybridized carbons (Fsp3) is 0.667. The summed E-state index contributed by atoms with van der Waals surface area (Å²) in [5.74, 6) is 0.662. The van der Waals surface area contributed by atoms with E-state index >= 15 is 0 Å². The number of aliphatic hydroxyl groups excluding tert-OH is 1. The van der Waals surface area contributed by atoms with E-state index in [1.165, 1.54) is 12.0 Å². The van der Waals surface area contributed by atoms with E-state index in [4.69, 9.17) is 4.74 Å². The van der Waals surface area contributed by atoms with Crippen LogP contribution in [-0.2, 0) is 11.2 Å². The molecule has 0 spiro atoms. The maximum atomic E-state index is 10.3. The summed E-state index contributed by atoms with van der Waals surface area (Å²) in [6.07, 6.45) is 4.12. The lowest BCUT2D eigenvalue weighted by Gasteiger charge is -2.40. The van der Waals surface area contributed by atoms with Crippen molar-refractivity contribution in [2.45, 2.75) is 51.2 Å². The van der Waals surface area contributed by atoms with E-state index in [0.717, 1.165) is 31.4 Å². The summed E-state index contributed by atoms with van der Waals surface area (Å²) in [6, 6.07) is 8.33. The van der Waals surface area contributed by atoms with E-state index in [1.54, 1.807) is 7.11 Å². The predicted octanol–water partition coefficient (Wildman–Crippen LogP) is 3.08. The average molecular weight is 291 g/mol. The Morgan fingerprint density at radius 2 is 1.90 bits per heavy atom. The van der Waals surface area contributed by atoms with E-state index < -0.39 is 6.10 Å². The topological polar surface area (TPSA) is 41.5 Å². The van der Waals surface area contributed by atoms with Gasteiger partial charge in [0.2, 0.25) is 0 Å². The number of rotatable bonds is 8. The molecule has 0 heterocycles. The largest absolute Gasteiger partial charge is 0.387 e. The zero-order valence-corrected chi connectivity index (χ0v) is 13.6. The van der Waals surface area contributed by atoms with Gasteiger partial charge in [0.1, 0.15) is 0 Å². The molecule has 1 aromatic carbocycles. The molecule has 0 radical (unpaired) electrons. The van der Waals surface area contributed by atoms with E-state index in [-0.39, 0.29) is 5.60 Å². The summed E-state index contributed by atoms with van der Waals surface area (Å²) in [7, 11) is 1.78. The molecule has 1 aliphatic rings. The second kappa shape index (κ2) is 7.39. The fourth-order valence-electron chi connectivity index (χ4n) is 2.93. The maximum absolute atomic E-state index is 10.3. The van der Waals surface area contributed by atoms with Crippen LogP contribution in [0, 0.1) is 5.92 Å². The Kier molecular flexibility index (Phi) is 5.80. The Balaban J connectivity index is 1.78. The fourth-order valence-corrected chi connectivity index (χ4v) is 2.93. The second-order valence-corrected chi connectivity index (χ2v) is 6.73. The normalized spacial score (nSPS) is 18.5. The second-order valence-electron chi connectivity index (χ2n) is 6.73.